The van der Waals surface area contributed by atoms with Crippen LogP contribution >= 0.6 is 0 Å². The van der Waals surface area contributed by atoms with E-state index >= 15 is 0 Å². The summed E-state index contributed by atoms with van der Waals surface area (Å²) in [5, 5.41) is 13.0. The zero-order valence-electron chi connectivity index (χ0n) is 8.62. The number of benzene rings is 1. The predicted molar refractivity (Wildman–Crippen MR) is 57.1 cm³/mol. The van der Waals surface area contributed by atoms with Crippen LogP contribution < -0.4 is 4.74 Å². The number of hydrogen-bond acceptors (Lipinski definition) is 3. The third-order valence-corrected chi connectivity index (χ3v) is 2.12. The summed E-state index contributed by atoms with van der Waals surface area (Å²) in [6.45, 7) is 0. The quantitative estimate of drug-likeness (QED) is 0.849. The molecule has 0 aliphatic rings. The summed E-state index contributed by atoms with van der Waals surface area (Å²) in [6, 6.07) is 9.24. The Bertz CT molecular complexity index is 505. The number of ether oxygens (including phenoxy) is 1. The van der Waals surface area contributed by atoms with E-state index in [1.165, 1.54) is 18.0 Å². The van der Waals surface area contributed by atoms with E-state index in [1.807, 2.05) is 30.3 Å². The largest absolute Gasteiger partial charge is 0.479 e. The Morgan fingerprint density at radius 3 is 2.56 bits per heavy atom. The first-order valence-electron chi connectivity index (χ1n) is 4.64. The molecule has 0 spiro atoms. The molecule has 2 aromatic rings. The van der Waals surface area contributed by atoms with Crippen LogP contribution in [-0.2, 0) is 0 Å². The number of carboxylic acid groups (broad SMARTS) is 1. The molecule has 1 N–H and O–H groups in total. The van der Waals surface area contributed by atoms with E-state index in [4.69, 9.17) is 9.84 Å². The number of aromatic nitrogens is 2. The molecule has 5 heteroatoms. The number of carbonyl (C=O) groups is 1. The van der Waals surface area contributed by atoms with Crippen LogP contribution in [-0.4, -0.2) is 28.0 Å². The van der Waals surface area contributed by atoms with Gasteiger partial charge in [-0.2, -0.15) is 0 Å². The molecular formula is C11H10N2O3. The van der Waals surface area contributed by atoms with Gasteiger partial charge in [0.25, 0.3) is 0 Å². The lowest BCUT2D eigenvalue weighted by Crippen LogP contribution is -1.97. The predicted octanol–water partition coefficient (Wildman–Crippen LogP) is 1.58. The molecule has 0 radical (unpaired) electrons. The molecule has 0 amide bonds. The van der Waals surface area contributed by atoms with Crippen molar-refractivity contribution in [1.29, 1.82) is 0 Å². The van der Waals surface area contributed by atoms with E-state index in [0.717, 1.165) is 5.69 Å². The van der Waals surface area contributed by atoms with E-state index in [1.54, 1.807) is 0 Å². The van der Waals surface area contributed by atoms with Crippen LogP contribution in [0.3, 0.4) is 0 Å². The summed E-state index contributed by atoms with van der Waals surface area (Å²) < 4.78 is 6.37. The van der Waals surface area contributed by atoms with Gasteiger partial charge in [0.1, 0.15) is 5.56 Å². The smallest absolute Gasteiger partial charge is 0.342 e. The van der Waals surface area contributed by atoms with E-state index in [2.05, 4.69) is 5.10 Å². The minimum atomic E-state index is -1.06. The Labute approximate surface area is 91.9 Å². The summed E-state index contributed by atoms with van der Waals surface area (Å²) in [6.07, 6.45) is 1.43. The van der Waals surface area contributed by atoms with Gasteiger partial charge >= 0.3 is 5.97 Å². The summed E-state index contributed by atoms with van der Waals surface area (Å²) in [7, 11) is 1.39. The summed E-state index contributed by atoms with van der Waals surface area (Å²) >= 11 is 0. The number of aromatic carboxylic acids is 1. The van der Waals surface area contributed by atoms with E-state index in [0.29, 0.717) is 0 Å². The Morgan fingerprint density at radius 1 is 1.38 bits per heavy atom. The van der Waals surface area contributed by atoms with Crippen molar-refractivity contribution in [2.75, 3.05) is 7.11 Å². The molecule has 5 nitrogen and oxygen atoms in total. The van der Waals surface area contributed by atoms with Crippen molar-refractivity contribution in [1.82, 2.24) is 9.78 Å². The van der Waals surface area contributed by atoms with Crippen LogP contribution in [0.5, 0.6) is 5.88 Å². The molecule has 82 valence electrons. The molecule has 2 rings (SSSR count). The SMILES string of the molecule is COc1nn(-c2ccccc2)cc1C(=O)O. The van der Waals surface area contributed by atoms with Crippen molar-refractivity contribution < 1.29 is 14.6 Å². The number of carboxylic acids is 1. The number of nitrogens with zero attached hydrogens (tertiary/aromatic N) is 2. The Hall–Kier alpha value is -2.30. The molecule has 0 aliphatic carbocycles. The van der Waals surface area contributed by atoms with Gasteiger partial charge in [0, 0.05) is 6.20 Å². The zero-order chi connectivity index (χ0) is 11.5. The maximum Gasteiger partial charge on any atom is 0.342 e. The van der Waals surface area contributed by atoms with Crippen molar-refractivity contribution >= 4 is 5.97 Å². The fourth-order valence-corrected chi connectivity index (χ4v) is 1.37. The van der Waals surface area contributed by atoms with Crippen molar-refractivity contribution in [3.63, 3.8) is 0 Å². The number of methoxy groups -OCH3 is 1. The Morgan fingerprint density at radius 2 is 2.06 bits per heavy atom. The average Bonchev–Trinajstić information content (AvgIpc) is 2.74. The molecule has 0 fully saturated rings. The lowest BCUT2D eigenvalue weighted by molar-refractivity contribution is 0.0693. The third kappa shape index (κ3) is 1.75. The Kier molecular flexibility index (Phi) is 2.59. The molecular weight excluding hydrogens is 208 g/mol. The molecule has 1 aromatic heterocycles. The molecule has 16 heavy (non-hydrogen) atoms. The van der Waals surface area contributed by atoms with E-state index < -0.39 is 5.97 Å². The van der Waals surface area contributed by atoms with Crippen LogP contribution in [0.1, 0.15) is 10.4 Å². The normalized spacial score (nSPS) is 10.1. The fourth-order valence-electron chi connectivity index (χ4n) is 1.37. The highest BCUT2D eigenvalue weighted by Crippen LogP contribution is 2.18. The first kappa shape index (κ1) is 10.2. The lowest BCUT2D eigenvalue weighted by atomic mass is 10.3. The minimum Gasteiger partial charge on any atom is -0.479 e. The monoisotopic (exact) mass is 218 g/mol. The van der Waals surface area contributed by atoms with Gasteiger partial charge in [-0.25, -0.2) is 9.48 Å². The first-order valence-corrected chi connectivity index (χ1v) is 4.64. The van der Waals surface area contributed by atoms with Gasteiger partial charge in [0.15, 0.2) is 0 Å². The lowest BCUT2D eigenvalue weighted by Gasteiger charge is -1.98. The molecule has 1 heterocycles. The minimum absolute atomic E-state index is 0.0475. The highest BCUT2D eigenvalue weighted by molar-refractivity contribution is 5.90. The molecule has 0 saturated carbocycles. The van der Waals surface area contributed by atoms with Gasteiger partial charge in [-0.15, -0.1) is 5.10 Å². The average molecular weight is 218 g/mol. The van der Waals surface area contributed by atoms with Gasteiger partial charge in [-0.1, -0.05) is 18.2 Å². The molecule has 0 atom stereocenters. The van der Waals surface area contributed by atoms with Gasteiger partial charge < -0.3 is 9.84 Å². The van der Waals surface area contributed by atoms with Gasteiger partial charge in [0.2, 0.25) is 5.88 Å². The molecule has 1 aromatic carbocycles. The van der Waals surface area contributed by atoms with E-state index in [9.17, 15) is 4.79 Å². The molecule has 0 bridgehead atoms. The summed E-state index contributed by atoms with van der Waals surface area (Å²) in [5.41, 5.74) is 0.833. The maximum absolute atomic E-state index is 10.9. The first-order chi connectivity index (χ1) is 7.72. The van der Waals surface area contributed by atoms with Crippen molar-refractivity contribution in [3.05, 3.63) is 42.1 Å². The standard InChI is InChI=1S/C11H10N2O3/c1-16-10-9(11(14)15)7-13(12-10)8-5-3-2-4-6-8/h2-7H,1H3,(H,14,15). The van der Waals surface area contributed by atoms with Gasteiger partial charge in [-0.05, 0) is 12.1 Å². The highest BCUT2D eigenvalue weighted by Gasteiger charge is 2.16. The van der Waals surface area contributed by atoms with Crippen LogP contribution in [0.4, 0.5) is 0 Å². The zero-order valence-corrected chi connectivity index (χ0v) is 8.62. The second kappa shape index (κ2) is 4.06. The van der Waals surface area contributed by atoms with Crippen LogP contribution in [0.25, 0.3) is 5.69 Å². The van der Waals surface area contributed by atoms with Gasteiger partial charge in [0.05, 0.1) is 12.8 Å². The summed E-state index contributed by atoms with van der Waals surface area (Å²) in [4.78, 5) is 10.9. The van der Waals surface area contributed by atoms with Crippen LogP contribution in [0, 0.1) is 0 Å². The van der Waals surface area contributed by atoms with Crippen molar-refractivity contribution in [2.24, 2.45) is 0 Å². The number of para-hydroxylation sites is 1. The van der Waals surface area contributed by atoms with Crippen LogP contribution in [0.15, 0.2) is 36.5 Å². The molecule has 0 saturated heterocycles. The van der Waals surface area contributed by atoms with E-state index in [-0.39, 0.29) is 11.4 Å². The Balaban J connectivity index is 2.48. The highest BCUT2D eigenvalue weighted by atomic mass is 16.5. The van der Waals surface area contributed by atoms with Crippen molar-refractivity contribution in [3.8, 4) is 11.6 Å². The van der Waals surface area contributed by atoms with Crippen molar-refractivity contribution in [2.45, 2.75) is 0 Å². The molecule has 0 unspecified atom stereocenters. The van der Waals surface area contributed by atoms with Gasteiger partial charge in [-0.3, -0.25) is 0 Å². The second-order valence-corrected chi connectivity index (χ2v) is 3.14. The topological polar surface area (TPSA) is 64.4 Å². The maximum atomic E-state index is 10.9. The third-order valence-electron chi connectivity index (χ3n) is 2.12. The number of hydrogen-bond donors (Lipinski definition) is 1. The second-order valence-electron chi connectivity index (χ2n) is 3.14. The molecule has 0 aliphatic heterocycles. The van der Waals surface area contributed by atoms with Crippen LogP contribution in [0.2, 0.25) is 0 Å². The number of rotatable bonds is 3. The fraction of sp³-hybridized carbons (Fsp3) is 0.0909. The summed E-state index contributed by atoms with van der Waals surface area (Å²) in [5.74, 6) is -0.949.